The maximum absolute atomic E-state index is 14.3. The summed E-state index contributed by atoms with van der Waals surface area (Å²) in [5.74, 6) is -7.27. The fraction of sp³-hybridized carbons (Fsp3) is 0.638. The number of hydrogen-bond donors (Lipinski definition) is 12. The minimum atomic E-state index is -5.11. The number of ether oxygens (including phenoxy) is 1. The smallest absolute Gasteiger partial charge is 0.394 e. The van der Waals surface area contributed by atoms with Crippen molar-refractivity contribution < 1.29 is 67.0 Å². The topological polar surface area (TPSA) is 512 Å². The maximum atomic E-state index is 14.3. The van der Waals surface area contributed by atoms with E-state index in [0.717, 1.165) is 0 Å². The summed E-state index contributed by atoms with van der Waals surface area (Å²) in [6.07, 6.45) is -3.82. The number of amides is 7. The van der Waals surface area contributed by atoms with Gasteiger partial charge in [-0.1, -0.05) is 34.6 Å². The van der Waals surface area contributed by atoms with Crippen molar-refractivity contribution in [2.75, 3.05) is 18.9 Å². The quantitative estimate of drug-likeness (QED) is 0.0583. The minimum Gasteiger partial charge on any atom is -0.394 e. The number of carbonyl (C=O) groups excluding carboxylic acids is 7. The molecule has 6 aliphatic rings. The zero-order valence-electron chi connectivity index (χ0n) is 51.6. The van der Waals surface area contributed by atoms with Crippen LogP contribution in [0, 0.1) is 45.3 Å². The van der Waals surface area contributed by atoms with Crippen LogP contribution in [-0.4, -0.2) is 142 Å². The number of nitrogens with one attached hydrogen (secondary N) is 2. The Morgan fingerprint density at radius 1 is 0.820 bits per heavy atom. The standard InChI is InChI=1S/C58H85N16O14P/c1-26(87-89(84,85)88-47-34(23-75)86-53(46(47)83)74-25-69-52-45(74)51(65)67-24-68-52)22-66-42(82)16-17-55(6)32(18-39(62)79)50-58(9)57(8,21-41(64)81)31(12-15-38(61)78)44(73-58)28(3)49-56(7,20-40(63)80)29(10-13-36(59)76)33(70-49)19-35-54(4,5)30(11-14-37(60)77)43(71-35)27(2)48(55)72-50/h19,24-26,29-32,34,46-47,50,53,70,75,83H,10-18,20-23H2,1-9H3,(H2,59,76)(H2,60,77)(H2,61,78)(H2,62,79)(H2,63,80)(H2,64,81)(H,66,82)(H,84,85)(H2,65,67,68)/b33-19?,43-27?,49-28-/t26-,29+,30+,31+,32-,34+,46+,47+,50+,53-,55+,56-,57-,58-/m0/s1. The van der Waals surface area contributed by atoms with E-state index >= 15 is 0 Å². The van der Waals surface area contributed by atoms with E-state index in [1.807, 2.05) is 54.5 Å². The molecule has 0 spiro atoms. The van der Waals surface area contributed by atoms with Crippen LogP contribution in [0.4, 0.5) is 5.82 Å². The van der Waals surface area contributed by atoms with Crippen molar-refractivity contribution in [1.29, 1.82) is 0 Å². The van der Waals surface area contributed by atoms with Crippen LogP contribution in [0.2, 0.25) is 0 Å². The molecule has 2 saturated heterocycles. The number of aliphatic hydroxyl groups is 2. The van der Waals surface area contributed by atoms with Gasteiger partial charge in [0.15, 0.2) is 17.7 Å². The van der Waals surface area contributed by atoms with Gasteiger partial charge in [0.1, 0.15) is 36.5 Å². The third-order valence-electron chi connectivity index (χ3n) is 19.8. The number of phosphoric acid groups is 1. The lowest BCUT2D eigenvalue weighted by Gasteiger charge is -2.48. The number of allylic oxidation sites excluding steroid dienone is 6. The van der Waals surface area contributed by atoms with Crippen molar-refractivity contribution in [3.8, 4) is 0 Å². The Hall–Kier alpha value is -7.34. The highest BCUT2D eigenvalue weighted by Crippen LogP contribution is 2.63. The number of carbonyl (C=O) groups is 7. The van der Waals surface area contributed by atoms with Crippen LogP contribution in [0.5, 0.6) is 0 Å². The molecule has 7 amide bonds. The van der Waals surface area contributed by atoms with Gasteiger partial charge in [-0.25, -0.2) is 19.5 Å². The van der Waals surface area contributed by atoms with E-state index in [4.69, 9.17) is 68.9 Å². The molecule has 0 aliphatic carbocycles. The van der Waals surface area contributed by atoms with Gasteiger partial charge < -0.3 is 70.6 Å². The molecule has 31 heteroatoms. The fourth-order valence-electron chi connectivity index (χ4n) is 15.0. The van der Waals surface area contributed by atoms with Gasteiger partial charge in [-0.3, -0.25) is 62.2 Å². The Labute approximate surface area is 514 Å². The molecule has 2 aromatic rings. The molecule has 8 bridgehead atoms. The van der Waals surface area contributed by atoms with E-state index in [1.165, 1.54) is 24.1 Å². The Bertz CT molecular complexity index is 3490. The van der Waals surface area contributed by atoms with Crippen LogP contribution >= 0.6 is 7.82 Å². The summed E-state index contributed by atoms with van der Waals surface area (Å²) in [7, 11) is -5.11. The van der Waals surface area contributed by atoms with Crippen molar-refractivity contribution in [3.63, 3.8) is 0 Å². The Balaban J connectivity index is 1.20. The van der Waals surface area contributed by atoms with E-state index in [0.29, 0.717) is 45.4 Å². The summed E-state index contributed by atoms with van der Waals surface area (Å²) in [5, 5.41) is 28.0. The molecule has 8 heterocycles. The van der Waals surface area contributed by atoms with Crippen molar-refractivity contribution in [3.05, 3.63) is 47.0 Å². The first-order chi connectivity index (χ1) is 41.4. The lowest BCUT2D eigenvalue weighted by atomic mass is 9.55. The van der Waals surface area contributed by atoms with Crippen LogP contribution in [0.15, 0.2) is 61.9 Å². The van der Waals surface area contributed by atoms with Gasteiger partial charge in [0.2, 0.25) is 41.4 Å². The van der Waals surface area contributed by atoms with Crippen LogP contribution in [-0.2, 0) is 51.9 Å². The van der Waals surface area contributed by atoms with Gasteiger partial charge in [-0.2, -0.15) is 0 Å². The van der Waals surface area contributed by atoms with E-state index < -0.39 is 143 Å². The summed E-state index contributed by atoms with van der Waals surface area (Å²) in [4.78, 5) is 133. The van der Waals surface area contributed by atoms with Crippen LogP contribution in [0.25, 0.3) is 11.2 Å². The summed E-state index contributed by atoms with van der Waals surface area (Å²) >= 11 is 0. The zero-order chi connectivity index (χ0) is 65.8. The predicted octanol–water partition coefficient (Wildman–Crippen LogP) is 0.919. The second kappa shape index (κ2) is 25.1. The van der Waals surface area contributed by atoms with E-state index in [1.54, 1.807) is 6.92 Å². The first kappa shape index (κ1) is 67.6. The lowest BCUT2D eigenvalue weighted by Crippen LogP contribution is -2.56. The number of primary amides is 6. The number of anilines is 1. The maximum Gasteiger partial charge on any atom is 0.472 e. The molecule has 19 N–H and O–H groups in total. The van der Waals surface area contributed by atoms with Crippen molar-refractivity contribution in [1.82, 2.24) is 30.2 Å². The number of imidazole rings is 1. The third-order valence-corrected chi connectivity index (χ3v) is 20.9. The largest absolute Gasteiger partial charge is 0.472 e. The summed E-state index contributed by atoms with van der Waals surface area (Å²) in [6.45, 7) is 15.2. The van der Waals surface area contributed by atoms with Crippen molar-refractivity contribution in [2.45, 2.75) is 175 Å². The molecule has 30 nitrogen and oxygen atoms in total. The van der Waals surface area contributed by atoms with E-state index in [2.05, 4.69) is 25.6 Å². The highest BCUT2D eigenvalue weighted by molar-refractivity contribution is 7.47. The number of nitrogen functional groups attached to an aromatic ring is 1. The zero-order valence-corrected chi connectivity index (χ0v) is 52.5. The Morgan fingerprint density at radius 3 is 2.03 bits per heavy atom. The molecular formula is C58H85N16O14P. The van der Waals surface area contributed by atoms with E-state index in [9.17, 15) is 53.2 Å². The summed E-state index contributed by atoms with van der Waals surface area (Å²) < 4.78 is 31.7. The van der Waals surface area contributed by atoms with Gasteiger partial charge in [0.25, 0.3) is 0 Å². The van der Waals surface area contributed by atoms with Crippen molar-refractivity contribution in [2.24, 2.45) is 94.7 Å². The SMILES string of the molecule is CC1=C2N=C(C=C3N/C(=C(/C)C4=N[C@@](C)([C@@H]5N=C1[C@](C)(CCC(=O)NC[C@H](C)OP(=O)(O)O[C@H]1[C@@H](O)[C@@H](n6cnc7ncnc(N)c76)O[C@@H]1CO)[C@H]5CC(N)=O)[C@@](C)(CC(N)=O)[C@@H]4CCC(N)=O)[C@@](C)(CC(N)=O)[C@@H]3CCC(N)=O)C(C)(C)[C@@H]2CCC(N)=O. The molecular weight excluding hydrogens is 1180 g/mol. The van der Waals surface area contributed by atoms with Crippen molar-refractivity contribution >= 4 is 83.3 Å². The van der Waals surface area contributed by atoms with Gasteiger partial charge in [-0.05, 0) is 70.6 Å². The number of phosphoric ester groups is 1. The van der Waals surface area contributed by atoms with Gasteiger partial charge in [-0.15, -0.1) is 0 Å². The second-order valence-electron chi connectivity index (χ2n) is 26.1. The fourth-order valence-corrected chi connectivity index (χ4v) is 16.2. The van der Waals surface area contributed by atoms with Gasteiger partial charge >= 0.3 is 7.82 Å². The molecule has 1 unspecified atom stereocenters. The van der Waals surface area contributed by atoms with Gasteiger partial charge in [0.05, 0.1) is 24.3 Å². The average molecular weight is 1260 g/mol. The molecule has 2 aromatic heterocycles. The molecule has 0 aromatic carbocycles. The first-order valence-electron chi connectivity index (χ1n) is 29.7. The Kier molecular flexibility index (Phi) is 19.1. The van der Waals surface area contributed by atoms with Crippen LogP contribution in [0.1, 0.15) is 139 Å². The van der Waals surface area contributed by atoms with Crippen LogP contribution in [0.3, 0.4) is 0 Å². The summed E-state index contributed by atoms with van der Waals surface area (Å²) in [6, 6.07) is -1.05. The van der Waals surface area contributed by atoms with Gasteiger partial charge in [0, 0.05) is 131 Å². The number of nitrogens with zero attached hydrogens (tertiary/aromatic N) is 7. The summed E-state index contributed by atoms with van der Waals surface area (Å²) in [5.41, 5.74) is 40.4. The number of hydrogen-bond acceptors (Lipinski definition) is 21. The molecule has 89 heavy (non-hydrogen) atoms. The minimum absolute atomic E-state index is 0.00195. The number of aliphatic hydroxyl groups excluding tert-OH is 2. The first-order valence-corrected chi connectivity index (χ1v) is 31.2. The molecule has 2 fully saturated rings. The predicted molar refractivity (Wildman–Crippen MR) is 324 cm³/mol. The number of fused-ring (bicyclic) bond motifs is 7. The molecule has 0 saturated carbocycles. The molecule has 6 aliphatic heterocycles. The number of nitrogens with two attached hydrogens (primary N) is 7. The van der Waals surface area contributed by atoms with Crippen LogP contribution < -0.4 is 50.8 Å². The highest BCUT2D eigenvalue weighted by Gasteiger charge is 2.66. The molecule has 0 radical (unpaired) electrons. The lowest BCUT2D eigenvalue weighted by molar-refractivity contribution is -0.124. The number of aliphatic imine (C=N–C) groups is 3. The number of rotatable bonds is 26. The third kappa shape index (κ3) is 12.8. The number of aromatic nitrogens is 4. The molecule has 486 valence electrons. The molecule has 8 rings (SSSR count). The molecule has 15 atom stereocenters. The average Bonchev–Trinajstić information content (AvgIpc) is 2.33. The monoisotopic (exact) mass is 1260 g/mol. The highest BCUT2D eigenvalue weighted by atomic mass is 31.2. The second-order valence-corrected chi connectivity index (χ2v) is 27.4. The van der Waals surface area contributed by atoms with E-state index in [-0.39, 0.29) is 94.2 Å². The normalized spacial score (nSPS) is 33.1. The Morgan fingerprint density at radius 2 is 1.44 bits per heavy atom.